The third-order valence-corrected chi connectivity index (χ3v) is 5.07. The first-order valence-electron chi connectivity index (χ1n) is 9.58. The zero-order chi connectivity index (χ0) is 19.5. The van der Waals surface area contributed by atoms with Crippen LogP contribution in [0.15, 0.2) is 48.9 Å². The van der Waals surface area contributed by atoms with Gasteiger partial charge in [0.05, 0.1) is 6.54 Å². The molecule has 2 aromatic heterocycles. The number of carbonyl (C=O) groups excluding carboxylic acids is 1. The standard InChI is InChI=1S/C21H25N5O2/c1-24(2)20-21(23-11-10-22-20)28-17-7-5-12-26(14-17)19(27)15-25-13-9-16-6-3-4-8-18(16)25/h3-4,6,8-11,13,17H,5,7,12,14-15H2,1-2H3. The van der Waals surface area contributed by atoms with Crippen LogP contribution >= 0.6 is 0 Å². The highest BCUT2D eigenvalue weighted by Gasteiger charge is 2.26. The molecule has 1 atom stereocenters. The maximum Gasteiger partial charge on any atom is 0.257 e. The third kappa shape index (κ3) is 3.78. The molecule has 0 bridgehead atoms. The van der Waals surface area contributed by atoms with Crippen molar-refractivity contribution in [3.63, 3.8) is 0 Å². The fourth-order valence-electron chi connectivity index (χ4n) is 3.65. The van der Waals surface area contributed by atoms with Crippen LogP contribution in [0.4, 0.5) is 5.82 Å². The van der Waals surface area contributed by atoms with Crippen LogP contribution in [0.1, 0.15) is 12.8 Å². The first-order chi connectivity index (χ1) is 13.6. The fraction of sp³-hybridized carbons (Fsp3) is 0.381. The summed E-state index contributed by atoms with van der Waals surface area (Å²) >= 11 is 0. The number of hydrogen-bond donors (Lipinski definition) is 0. The van der Waals surface area contributed by atoms with Gasteiger partial charge in [-0.05, 0) is 30.4 Å². The van der Waals surface area contributed by atoms with Gasteiger partial charge in [0.1, 0.15) is 12.6 Å². The van der Waals surface area contributed by atoms with Crippen LogP contribution in [0.3, 0.4) is 0 Å². The Hall–Kier alpha value is -3.09. The smallest absolute Gasteiger partial charge is 0.257 e. The first-order valence-corrected chi connectivity index (χ1v) is 9.58. The third-order valence-electron chi connectivity index (χ3n) is 5.07. The van der Waals surface area contributed by atoms with Crippen LogP contribution < -0.4 is 9.64 Å². The molecule has 1 aliphatic heterocycles. The highest BCUT2D eigenvalue weighted by molar-refractivity contribution is 5.83. The van der Waals surface area contributed by atoms with Gasteiger partial charge in [-0.1, -0.05) is 18.2 Å². The SMILES string of the molecule is CN(C)c1nccnc1OC1CCCN(C(=O)Cn2ccc3ccccc32)C1. The molecular formula is C21H25N5O2. The van der Waals surface area contributed by atoms with Crippen molar-refractivity contribution in [1.82, 2.24) is 19.4 Å². The van der Waals surface area contributed by atoms with Crippen LogP contribution in [-0.2, 0) is 11.3 Å². The van der Waals surface area contributed by atoms with Crippen LogP contribution in [0.25, 0.3) is 10.9 Å². The van der Waals surface area contributed by atoms with Crippen molar-refractivity contribution in [3.8, 4) is 5.88 Å². The van der Waals surface area contributed by atoms with E-state index in [9.17, 15) is 4.79 Å². The van der Waals surface area contributed by atoms with Gasteiger partial charge < -0.3 is 19.1 Å². The number of fused-ring (bicyclic) bond motifs is 1. The number of likely N-dealkylation sites (tertiary alicyclic amines) is 1. The van der Waals surface area contributed by atoms with Crippen molar-refractivity contribution in [1.29, 1.82) is 0 Å². The normalized spacial score (nSPS) is 16.9. The summed E-state index contributed by atoms with van der Waals surface area (Å²) in [6.45, 7) is 1.68. The number of rotatable bonds is 5. The van der Waals surface area contributed by atoms with E-state index in [-0.39, 0.29) is 12.0 Å². The zero-order valence-corrected chi connectivity index (χ0v) is 16.3. The molecule has 1 unspecified atom stereocenters. The number of hydrogen-bond acceptors (Lipinski definition) is 5. The molecule has 0 N–H and O–H groups in total. The van der Waals surface area contributed by atoms with Gasteiger partial charge >= 0.3 is 0 Å². The Labute approximate surface area is 164 Å². The molecule has 0 radical (unpaired) electrons. The van der Waals surface area contributed by atoms with Crippen molar-refractivity contribution < 1.29 is 9.53 Å². The van der Waals surface area contributed by atoms with Crippen molar-refractivity contribution in [3.05, 3.63) is 48.9 Å². The number of anilines is 1. The molecule has 7 heteroatoms. The van der Waals surface area contributed by atoms with Crippen molar-refractivity contribution >= 4 is 22.6 Å². The number of amides is 1. The Morgan fingerprint density at radius 3 is 2.89 bits per heavy atom. The highest BCUT2D eigenvalue weighted by Crippen LogP contribution is 2.24. The Balaban J connectivity index is 1.43. The maximum atomic E-state index is 12.9. The number of para-hydroxylation sites is 1. The lowest BCUT2D eigenvalue weighted by atomic mass is 10.1. The van der Waals surface area contributed by atoms with Gasteiger partial charge in [-0.15, -0.1) is 0 Å². The van der Waals surface area contributed by atoms with Crippen LogP contribution in [0.2, 0.25) is 0 Å². The van der Waals surface area contributed by atoms with Gasteiger partial charge in [0, 0.05) is 44.7 Å². The average Bonchev–Trinajstić information content (AvgIpc) is 3.11. The molecule has 3 heterocycles. The molecule has 0 saturated carbocycles. The van der Waals surface area contributed by atoms with E-state index < -0.39 is 0 Å². The van der Waals surface area contributed by atoms with Gasteiger partial charge in [-0.25, -0.2) is 9.97 Å². The molecule has 7 nitrogen and oxygen atoms in total. The summed E-state index contributed by atoms with van der Waals surface area (Å²) in [7, 11) is 3.82. The molecule has 1 saturated heterocycles. The summed E-state index contributed by atoms with van der Waals surface area (Å²) in [6, 6.07) is 10.2. The number of piperidine rings is 1. The number of benzene rings is 1. The summed E-state index contributed by atoms with van der Waals surface area (Å²) in [4.78, 5) is 25.3. The first kappa shape index (κ1) is 18.3. The maximum absolute atomic E-state index is 12.9. The van der Waals surface area contributed by atoms with Crippen molar-refractivity contribution in [2.45, 2.75) is 25.5 Å². The Bertz CT molecular complexity index is 968. The molecule has 1 aromatic carbocycles. The van der Waals surface area contributed by atoms with Gasteiger partial charge in [-0.2, -0.15) is 0 Å². The van der Waals surface area contributed by atoms with Crippen molar-refractivity contribution in [2.75, 3.05) is 32.1 Å². The number of carbonyl (C=O) groups is 1. The molecule has 1 fully saturated rings. The largest absolute Gasteiger partial charge is 0.470 e. The summed E-state index contributed by atoms with van der Waals surface area (Å²) in [5.74, 6) is 1.33. The van der Waals surface area contributed by atoms with E-state index in [0.29, 0.717) is 24.8 Å². The monoisotopic (exact) mass is 379 g/mol. The lowest BCUT2D eigenvalue weighted by molar-refractivity contribution is -0.134. The molecule has 28 heavy (non-hydrogen) atoms. The minimum Gasteiger partial charge on any atom is -0.470 e. The topological polar surface area (TPSA) is 63.5 Å². The summed E-state index contributed by atoms with van der Waals surface area (Å²) < 4.78 is 8.13. The second-order valence-corrected chi connectivity index (χ2v) is 7.30. The molecule has 1 amide bonds. The van der Waals surface area contributed by atoms with Crippen molar-refractivity contribution in [2.24, 2.45) is 0 Å². The van der Waals surface area contributed by atoms with E-state index in [1.807, 2.05) is 58.9 Å². The minimum absolute atomic E-state index is 0.0745. The molecule has 4 rings (SSSR count). The second kappa shape index (κ2) is 7.88. The van der Waals surface area contributed by atoms with E-state index in [1.165, 1.54) is 0 Å². The van der Waals surface area contributed by atoms with E-state index in [1.54, 1.807) is 12.4 Å². The van der Waals surface area contributed by atoms with Gasteiger partial charge in [0.15, 0.2) is 5.82 Å². The zero-order valence-electron chi connectivity index (χ0n) is 16.3. The van der Waals surface area contributed by atoms with Gasteiger partial charge in [0.25, 0.3) is 5.88 Å². The van der Waals surface area contributed by atoms with Crippen LogP contribution in [0.5, 0.6) is 5.88 Å². The summed E-state index contributed by atoms with van der Waals surface area (Å²) in [5.41, 5.74) is 1.08. The lowest BCUT2D eigenvalue weighted by Crippen LogP contribution is -2.45. The predicted molar refractivity (Wildman–Crippen MR) is 109 cm³/mol. The summed E-state index contributed by atoms with van der Waals surface area (Å²) in [5, 5.41) is 1.15. The van der Waals surface area contributed by atoms with Crippen LogP contribution in [0, 0.1) is 0 Å². The predicted octanol–water partition coefficient (Wildman–Crippen LogP) is 2.57. The molecule has 1 aliphatic rings. The molecule has 0 aliphatic carbocycles. The highest BCUT2D eigenvalue weighted by atomic mass is 16.5. The molecule has 0 spiro atoms. The fourth-order valence-corrected chi connectivity index (χ4v) is 3.65. The van der Waals surface area contributed by atoms with Gasteiger partial charge in [-0.3, -0.25) is 4.79 Å². The average molecular weight is 379 g/mol. The Kier molecular flexibility index (Phi) is 5.14. The molecule has 3 aromatic rings. The van der Waals surface area contributed by atoms with Gasteiger partial charge in [0.2, 0.25) is 5.91 Å². The molecular weight excluding hydrogens is 354 g/mol. The summed E-state index contributed by atoms with van der Waals surface area (Å²) in [6.07, 6.45) is 7.00. The molecule has 146 valence electrons. The number of ether oxygens (including phenoxy) is 1. The minimum atomic E-state index is -0.0745. The van der Waals surface area contributed by atoms with E-state index in [4.69, 9.17) is 4.74 Å². The quantitative estimate of drug-likeness (QED) is 0.682. The second-order valence-electron chi connectivity index (χ2n) is 7.30. The number of aromatic nitrogens is 3. The Morgan fingerprint density at radius 1 is 1.21 bits per heavy atom. The number of nitrogens with zero attached hydrogens (tertiary/aromatic N) is 5. The Morgan fingerprint density at radius 2 is 2.04 bits per heavy atom. The van der Waals surface area contributed by atoms with E-state index in [2.05, 4.69) is 16.0 Å². The van der Waals surface area contributed by atoms with E-state index in [0.717, 1.165) is 30.3 Å². The van der Waals surface area contributed by atoms with Crippen LogP contribution in [-0.4, -0.2) is 58.6 Å². The van der Waals surface area contributed by atoms with E-state index >= 15 is 0 Å². The lowest BCUT2D eigenvalue weighted by Gasteiger charge is -2.33.